The third-order valence-electron chi connectivity index (χ3n) is 19.4. The summed E-state index contributed by atoms with van der Waals surface area (Å²) in [6.07, 6.45) is 104. The minimum Gasteiger partial charge on any atom is -0.466 e. The summed E-state index contributed by atoms with van der Waals surface area (Å²) in [4.78, 5) is 24.7. The van der Waals surface area contributed by atoms with Crippen molar-refractivity contribution >= 4 is 11.9 Å². The summed E-state index contributed by atoms with van der Waals surface area (Å²) in [6, 6.07) is -0.539. The van der Waals surface area contributed by atoms with Crippen molar-refractivity contribution in [1.29, 1.82) is 0 Å². The van der Waals surface area contributed by atoms with Crippen LogP contribution in [0.4, 0.5) is 0 Å². The predicted molar refractivity (Wildman–Crippen MR) is 398 cm³/mol. The lowest BCUT2D eigenvalue weighted by atomic mass is 10.0. The molecule has 0 aromatic rings. The number of aliphatic hydroxyl groups excluding tert-OH is 2. The molecular formula is C84H161NO5. The zero-order valence-corrected chi connectivity index (χ0v) is 61.1. The van der Waals surface area contributed by atoms with E-state index in [0.29, 0.717) is 25.9 Å². The number of rotatable bonds is 78. The summed E-state index contributed by atoms with van der Waals surface area (Å²) in [7, 11) is 0. The van der Waals surface area contributed by atoms with Gasteiger partial charge in [-0.2, -0.15) is 0 Å². The van der Waals surface area contributed by atoms with Crippen molar-refractivity contribution in [2.45, 2.75) is 475 Å². The van der Waals surface area contributed by atoms with Crippen LogP contribution in [0.1, 0.15) is 463 Å². The van der Waals surface area contributed by atoms with Crippen LogP contribution in [0, 0.1) is 0 Å². The first kappa shape index (κ1) is 88.1. The third kappa shape index (κ3) is 75.1. The molecule has 90 heavy (non-hydrogen) atoms. The van der Waals surface area contributed by atoms with Crippen molar-refractivity contribution in [3.63, 3.8) is 0 Å². The first-order valence-electron chi connectivity index (χ1n) is 41.2. The quantitative estimate of drug-likeness (QED) is 0.0320. The lowest BCUT2D eigenvalue weighted by Crippen LogP contribution is -2.45. The van der Waals surface area contributed by atoms with Crippen molar-refractivity contribution in [2.75, 3.05) is 13.2 Å². The van der Waals surface area contributed by atoms with Gasteiger partial charge in [0.15, 0.2) is 0 Å². The number of hydrogen-bond donors (Lipinski definition) is 3. The second-order valence-electron chi connectivity index (χ2n) is 28.5. The molecule has 0 aliphatic heterocycles. The summed E-state index contributed by atoms with van der Waals surface area (Å²) < 4.78 is 5.51. The Labute approximate surface area is 564 Å². The Balaban J connectivity index is 3.33. The van der Waals surface area contributed by atoms with Crippen LogP contribution in [0.25, 0.3) is 0 Å². The van der Waals surface area contributed by atoms with Crippen molar-refractivity contribution in [3.8, 4) is 0 Å². The van der Waals surface area contributed by atoms with Gasteiger partial charge in [-0.05, 0) is 83.5 Å². The molecule has 0 spiro atoms. The van der Waals surface area contributed by atoms with Gasteiger partial charge in [-0.25, -0.2) is 0 Å². The van der Waals surface area contributed by atoms with E-state index in [9.17, 15) is 19.8 Å². The summed E-state index contributed by atoms with van der Waals surface area (Å²) >= 11 is 0. The van der Waals surface area contributed by atoms with Gasteiger partial charge in [-0.3, -0.25) is 9.59 Å². The van der Waals surface area contributed by atoms with E-state index in [2.05, 4.69) is 55.6 Å². The molecule has 0 aliphatic rings. The largest absolute Gasteiger partial charge is 0.466 e. The fourth-order valence-corrected chi connectivity index (χ4v) is 13.1. The first-order chi connectivity index (χ1) is 44.5. The molecule has 6 heteroatoms. The van der Waals surface area contributed by atoms with Gasteiger partial charge in [0.25, 0.3) is 0 Å². The highest BCUT2D eigenvalue weighted by atomic mass is 16.5. The van der Waals surface area contributed by atoms with E-state index in [1.54, 1.807) is 0 Å². The summed E-state index contributed by atoms with van der Waals surface area (Å²) in [5.41, 5.74) is 0. The maximum atomic E-state index is 12.6. The van der Waals surface area contributed by atoms with E-state index in [-0.39, 0.29) is 18.5 Å². The summed E-state index contributed by atoms with van der Waals surface area (Å²) in [5, 5.41) is 23.4. The molecule has 0 aliphatic carbocycles. The maximum absolute atomic E-state index is 12.6. The molecule has 1 amide bonds. The fourth-order valence-electron chi connectivity index (χ4n) is 13.1. The zero-order chi connectivity index (χ0) is 64.9. The number of aliphatic hydroxyl groups is 2. The lowest BCUT2D eigenvalue weighted by Gasteiger charge is -2.22. The molecule has 0 radical (unpaired) electrons. The normalized spacial score (nSPS) is 12.6. The molecule has 0 saturated heterocycles. The molecule has 0 heterocycles. The number of unbranched alkanes of at least 4 members (excludes halogenated alkanes) is 61. The highest BCUT2D eigenvalue weighted by molar-refractivity contribution is 5.76. The van der Waals surface area contributed by atoms with Gasteiger partial charge < -0.3 is 20.3 Å². The Morgan fingerprint density at radius 1 is 0.311 bits per heavy atom. The van der Waals surface area contributed by atoms with Crippen LogP contribution in [-0.4, -0.2) is 47.4 Å². The third-order valence-corrected chi connectivity index (χ3v) is 19.4. The maximum Gasteiger partial charge on any atom is 0.305 e. The predicted octanol–water partition coefficient (Wildman–Crippen LogP) is 27.4. The summed E-state index contributed by atoms with van der Waals surface area (Å²) in [5.74, 6) is -0.0118. The monoisotopic (exact) mass is 1260 g/mol. The van der Waals surface area contributed by atoms with Crippen LogP contribution in [0.5, 0.6) is 0 Å². The second-order valence-corrected chi connectivity index (χ2v) is 28.5. The van der Waals surface area contributed by atoms with E-state index < -0.39 is 12.1 Å². The van der Waals surface area contributed by atoms with Gasteiger partial charge in [0.1, 0.15) is 0 Å². The first-order valence-corrected chi connectivity index (χ1v) is 41.2. The zero-order valence-electron chi connectivity index (χ0n) is 61.1. The average Bonchev–Trinajstić information content (AvgIpc) is 3.58. The van der Waals surface area contributed by atoms with Gasteiger partial charge in [0.2, 0.25) is 5.91 Å². The van der Waals surface area contributed by atoms with E-state index in [1.807, 2.05) is 0 Å². The number of esters is 1. The molecule has 0 saturated carbocycles. The highest BCUT2D eigenvalue weighted by Gasteiger charge is 2.20. The molecule has 532 valence electrons. The number of nitrogens with one attached hydrogen (secondary N) is 1. The number of allylic oxidation sites excluding steroid dienone is 6. The minimum absolute atomic E-state index is 0.0144. The SMILES string of the molecule is CCCCC/C=C\C/C=C\CCCCCCCCCC(=O)OCCCCCCCCCCCCCCCCCC/C=C\CCCCCCCCCCCCCCCCCCCC(=O)NC(CO)C(O)CCCCCCCCCCCCCCCCCCCCC. The molecule has 0 fully saturated rings. The number of carbonyl (C=O) groups is 2. The van der Waals surface area contributed by atoms with Gasteiger partial charge in [-0.1, -0.05) is 403 Å². The Kier molecular flexibility index (Phi) is 77.8. The molecule has 6 nitrogen and oxygen atoms in total. The highest BCUT2D eigenvalue weighted by Crippen LogP contribution is 2.20. The van der Waals surface area contributed by atoms with Crippen LogP contribution in [0.15, 0.2) is 36.5 Å². The van der Waals surface area contributed by atoms with E-state index in [0.717, 1.165) is 51.4 Å². The number of hydrogen-bond acceptors (Lipinski definition) is 5. The number of carbonyl (C=O) groups excluding carboxylic acids is 2. The van der Waals surface area contributed by atoms with Gasteiger partial charge in [0, 0.05) is 12.8 Å². The Morgan fingerprint density at radius 3 is 0.878 bits per heavy atom. The molecule has 0 aromatic carbocycles. The molecule has 3 N–H and O–H groups in total. The molecule has 0 rings (SSSR count). The van der Waals surface area contributed by atoms with Crippen LogP contribution in [-0.2, 0) is 14.3 Å². The number of ether oxygens (including phenoxy) is 1. The van der Waals surface area contributed by atoms with Crippen molar-refractivity contribution in [1.82, 2.24) is 5.32 Å². The second kappa shape index (κ2) is 79.5. The Hall–Kier alpha value is -1.92. The van der Waals surface area contributed by atoms with Gasteiger partial charge in [-0.15, -0.1) is 0 Å². The van der Waals surface area contributed by atoms with Crippen LogP contribution >= 0.6 is 0 Å². The van der Waals surface area contributed by atoms with Gasteiger partial charge in [0.05, 0.1) is 25.4 Å². The topological polar surface area (TPSA) is 95.9 Å². The fraction of sp³-hybridized carbons (Fsp3) is 0.905. The molecule has 0 aromatic heterocycles. The number of amides is 1. The van der Waals surface area contributed by atoms with Crippen molar-refractivity contribution in [3.05, 3.63) is 36.5 Å². The van der Waals surface area contributed by atoms with E-state index >= 15 is 0 Å². The summed E-state index contributed by atoms with van der Waals surface area (Å²) in [6.45, 7) is 4.98. The smallest absolute Gasteiger partial charge is 0.305 e. The average molecular weight is 1270 g/mol. The van der Waals surface area contributed by atoms with Crippen molar-refractivity contribution in [2.24, 2.45) is 0 Å². The minimum atomic E-state index is -0.662. The molecule has 2 atom stereocenters. The van der Waals surface area contributed by atoms with E-state index in [1.165, 1.54) is 379 Å². The molecule has 2 unspecified atom stereocenters. The molecular weight excluding hydrogens is 1100 g/mol. The molecule has 0 bridgehead atoms. The standard InChI is InChI=1S/C84H161NO5/c1-3-5-7-9-11-13-15-17-19-21-41-45-48-52-56-60-64-68-72-76-82(87)81(80-86)85-83(88)77-73-69-65-61-57-53-49-46-42-39-37-35-33-31-29-27-25-23-22-24-26-28-30-32-34-36-38-40-43-47-51-55-59-63-67-71-75-79-90-84(89)78-74-70-66-62-58-54-50-44-20-18-16-14-12-10-8-6-4-2/h12,14,18,20,22,24,81-82,86-87H,3-11,13,15-17,19,21,23,25-80H2,1-2H3,(H,85,88)/b14-12-,20-18-,24-22-. The van der Waals surface area contributed by atoms with E-state index in [4.69, 9.17) is 4.74 Å². The van der Waals surface area contributed by atoms with Crippen LogP contribution in [0.3, 0.4) is 0 Å². The van der Waals surface area contributed by atoms with Crippen LogP contribution < -0.4 is 5.32 Å². The Morgan fingerprint density at radius 2 is 0.556 bits per heavy atom. The van der Waals surface area contributed by atoms with Gasteiger partial charge >= 0.3 is 5.97 Å². The van der Waals surface area contributed by atoms with Crippen molar-refractivity contribution < 1.29 is 24.5 Å². The van der Waals surface area contributed by atoms with Crippen LogP contribution in [0.2, 0.25) is 0 Å². The Bertz CT molecular complexity index is 1460. The lowest BCUT2D eigenvalue weighted by molar-refractivity contribution is -0.143.